The Morgan fingerprint density at radius 1 is 1.11 bits per heavy atom. The number of fused-ring (bicyclic) bond motifs is 1. The van der Waals surface area contributed by atoms with Gasteiger partial charge in [-0.2, -0.15) is 9.78 Å². The SMILES string of the molecule is CC(C)c1nc2ccc(Br)cc2c(=O)n1N=Cc1cccc([N+](=O)[O-])c1OCc1ccc(Br)cc1Br. The molecule has 36 heavy (non-hydrogen) atoms. The second-order valence-electron chi connectivity index (χ2n) is 8.12. The van der Waals surface area contributed by atoms with Crippen LogP contribution in [0.3, 0.4) is 0 Å². The van der Waals surface area contributed by atoms with Crippen LogP contribution < -0.4 is 10.3 Å². The predicted octanol–water partition coefficient (Wildman–Crippen LogP) is 7.18. The lowest BCUT2D eigenvalue weighted by Crippen LogP contribution is -2.23. The molecule has 0 atom stereocenters. The molecule has 8 nitrogen and oxygen atoms in total. The summed E-state index contributed by atoms with van der Waals surface area (Å²) in [6.45, 7) is 3.91. The van der Waals surface area contributed by atoms with Gasteiger partial charge in [0.05, 0.1) is 22.0 Å². The Labute approximate surface area is 231 Å². The van der Waals surface area contributed by atoms with Gasteiger partial charge in [0.2, 0.25) is 5.75 Å². The monoisotopic (exact) mass is 676 g/mol. The molecule has 0 amide bonds. The quantitative estimate of drug-likeness (QED) is 0.117. The molecule has 0 aliphatic carbocycles. The highest BCUT2D eigenvalue weighted by atomic mass is 79.9. The maximum atomic E-state index is 13.3. The first-order valence-electron chi connectivity index (χ1n) is 10.8. The van der Waals surface area contributed by atoms with E-state index in [0.717, 1.165) is 19.0 Å². The normalized spacial score (nSPS) is 11.5. The van der Waals surface area contributed by atoms with Gasteiger partial charge >= 0.3 is 5.69 Å². The van der Waals surface area contributed by atoms with Crippen molar-refractivity contribution in [2.75, 3.05) is 0 Å². The number of halogens is 3. The van der Waals surface area contributed by atoms with Crippen LogP contribution in [0.25, 0.3) is 10.9 Å². The minimum atomic E-state index is -0.510. The summed E-state index contributed by atoms with van der Waals surface area (Å²) >= 11 is 10.3. The second-order valence-corrected chi connectivity index (χ2v) is 10.8. The maximum absolute atomic E-state index is 13.3. The summed E-state index contributed by atoms with van der Waals surface area (Å²) in [4.78, 5) is 29.2. The lowest BCUT2D eigenvalue weighted by atomic mass is 10.1. The first-order valence-corrected chi connectivity index (χ1v) is 13.1. The molecular weight excluding hydrogens is 660 g/mol. The number of nitro groups is 1. The van der Waals surface area contributed by atoms with Gasteiger partial charge in [-0.05, 0) is 36.4 Å². The Bertz CT molecular complexity index is 1570. The Kier molecular flexibility index (Phi) is 8.01. The highest BCUT2D eigenvalue weighted by Crippen LogP contribution is 2.32. The number of nitro benzene ring substituents is 1. The third-order valence-corrected chi connectivity index (χ3v) is 7.00. The molecule has 0 saturated carbocycles. The molecule has 0 saturated heterocycles. The molecule has 0 bridgehead atoms. The summed E-state index contributed by atoms with van der Waals surface area (Å²) in [5.41, 5.74) is 1.19. The van der Waals surface area contributed by atoms with E-state index in [-0.39, 0.29) is 29.5 Å². The number of aromatic nitrogens is 2. The van der Waals surface area contributed by atoms with Gasteiger partial charge in [-0.1, -0.05) is 73.8 Å². The third kappa shape index (κ3) is 5.58. The van der Waals surface area contributed by atoms with Crippen molar-refractivity contribution in [1.29, 1.82) is 0 Å². The van der Waals surface area contributed by atoms with E-state index in [0.29, 0.717) is 22.3 Å². The van der Waals surface area contributed by atoms with Gasteiger partial charge in [-0.25, -0.2) is 4.98 Å². The van der Waals surface area contributed by atoms with Crippen LogP contribution in [0.1, 0.15) is 36.7 Å². The van der Waals surface area contributed by atoms with E-state index in [1.165, 1.54) is 17.0 Å². The van der Waals surface area contributed by atoms with Crippen LogP contribution in [0.4, 0.5) is 5.69 Å². The molecule has 0 aliphatic rings. The predicted molar refractivity (Wildman–Crippen MR) is 150 cm³/mol. The van der Waals surface area contributed by atoms with Crippen LogP contribution >= 0.6 is 47.8 Å². The van der Waals surface area contributed by atoms with Gasteiger partial charge in [-0.3, -0.25) is 14.9 Å². The van der Waals surface area contributed by atoms with E-state index in [9.17, 15) is 14.9 Å². The fraction of sp³-hybridized carbons (Fsp3) is 0.160. The number of hydrogen-bond acceptors (Lipinski definition) is 6. The largest absolute Gasteiger partial charge is 0.481 e. The smallest absolute Gasteiger partial charge is 0.311 e. The second kappa shape index (κ2) is 11.0. The zero-order valence-electron chi connectivity index (χ0n) is 19.1. The first kappa shape index (κ1) is 26.2. The van der Waals surface area contributed by atoms with Crippen LogP contribution in [0, 0.1) is 10.1 Å². The fourth-order valence-electron chi connectivity index (χ4n) is 3.50. The molecular formula is C25H19Br3N4O4. The van der Waals surface area contributed by atoms with Crippen molar-refractivity contribution in [2.24, 2.45) is 5.10 Å². The average molecular weight is 679 g/mol. The summed E-state index contributed by atoms with van der Waals surface area (Å²) in [5.74, 6) is 0.424. The van der Waals surface area contributed by atoms with E-state index >= 15 is 0 Å². The summed E-state index contributed by atoms with van der Waals surface area (Å²) in [6.07, 6.45) is 1.39. The molecule has 0 aliphatic heterocycles. The van der Waals surface area contributed by atoms with Crippen molar-refractivity contribution < 1.29 is 9.66 Å². The Morgan fingerprint density at radius 3 is 2.53 bits per heavy atom. The van der Waals surface area contributed by atoms with Crippen molar-refractivity contribution in [2.45, 2.75) is 26.4 Å². The van der Waals surface area contributed by atoms with Crippen molar-refractivity contribution >= 4 is 70.6 Å². The summed E-state index contributed by atoms with van der Waals surface area (Å²) in [7, 11) is 0. The topological polar surface area (TPSA) is 99.6 Å². The van der Waals surface area contributed by atoms with Crippen LogP contribution in [-0.2, 0) is 6.61 Å². The van der Waals surface area contributed by atoms with E-state index < -0.39 is 4.92 Å². The highest BCUT2D eigenvalue weighted by Gasteiger charge is 2.20. The maximum Gasteiger partial charge on any atom is 0.311 e. The minimum absolute atomic E-state index is 0.0525. The summed E-state index contributed by atoms with van der Waals surface area (Å²) in [5, 5.41) is 16.6. The first-order chi connectivity index (χ1) is 17.2. The molecule has 3 aromatic carbocycles. The minimum Gasteiger partial charge on any atom is -0.481 e. The molecule has 1 heterocycles. The van der Waals surface area contributed by atoms with E-state index in [1.807, 2.05) is 38.1 Å². The average Bonchev–Trinajstić information content (AvgIpc) is 2.83. The van der Waals surface area contributed by atoms with Crippen molar-refractivity contribution in [3.05, 3.63) is 105 Å². The fourth-order valence-corrected chi connectivity index (χ4v) is 5.03. The van der Waals surface area contributed by atoms with E-state index in [2.05, 4.69) is 57.9 Å². The standard InChI is InChI=1S/C25H19Br3N4O4/c1-14(2)24-30-21-9-8-17(26)10-19(21)25(33)31(24)29-12-15-4-3-5-22(32(34)35)23(15)36-13-16-6-7-18(27)11-20(16)28/h3-12,14H,13H2,1-2H3. The van der Waals surface area contributed by atoms with Crippen LogP contribution in [0.2, 0.25) is 0 Å². The van der Waals surface area contributed by atoms with Gasteiger partial charge in [-0.15, -0.1) is 0 Å². The number of hydrogen-bond donors (Lipinski definition) is 0. The Hall–Kier alpha value is -2.89. The zero-order valence-corrected chi connectivity index (χ0v) is 23.9. The van der Waals surface area contributed by atoms with Crippen molar-refractivity contribution in [1.82, 2.24) is 9.66 Å². The van der Waals surface area contributed by atoms with Crippen molar-refractivity contribution in [3.8, 4) is 5.75 Å². The van der Waals surface area contributed by atoms with Gasteiger partial charge in [0.25, 0.3) is 5.56 Å². The lowest BCUT2D eigenvalue weighted by molar-refractivity contribution is -0.385. The zero-order chi connectivity index (χ0) is 26.0. The Balaban J connectivity index is 1.79. The molecule has 11 heteroatoms. The molecule has 0 fully saturated rings. The lowest BCUT2D eigenvalue weighted by Gasteiger charge is -2.13. The van der Waals surface area contributed by atoms with Crippen molar-refractivity contribution in [3.63, 3.8) is 0 Å². The molecule has 0 unspecified atom stereocenters. The number of ether oxygens (including phenoxy) is 1. The Morgan fingerprint density at radius 2 is 1.83 bits per heavy atom. The van der Waals surface area contributed by atoms with Crippen LogP contribution in [-0.4, -0.2) is 20.8 Å². The van der Waals surface area contributed by atoms with E-state index in [4.69, 9.17) is 4.74 Å². The van der Waals surface area contributed by atoms with E-state index in [1.54, 1.807) is 24.3 Å². The molecule has 1 aromatic heterocycles. The highest BCUT2D eigenvalue weighted by molar-refractivity contribution is 9.11. The molecule has 4 aromatic rings. The van der Waals surface area contributed by atoms with Crippen LogP contribution in [0.5, 0.6) is 5.75 Å². The van der Waals surface area contributed by atoms with Gasteiger partial charge in [0, 0.05) is 36.5 Å². The molecule has 0 N–H and O–H groups in total. The van der Waals surface area contributed by atoms with Gasteiger partial charge in [0.15, 0.2) is 0 Å². The molecule has 4 rings (SSSR count). The molecule has 184 valence electrons. The number of para-hydroxylation sites is 1. The van der Waals surface area contributed by atoms with Crippen LogP contribution in [0.15, 0.2) is 77.9 Å². The summed E-state index contributed by atoms with van der Waals surface area (Å²) < 4.78 is 9.59. The van der Waals surface area contributed by atoms with Gasteiger partial charge in [0.1, 0.15) is 12.4 Å². The van der Waals surface area contributed by atoms with Gasteiger partial charge < -0.3 is 4.74 Å². The number of nitrogens with zero attached hydrogens (tertiary/aromatic N) is 4. The third-order valence-electron chi connectivity index (χ3n) is 5.27. The summed E-state index contributed by atoms with van der Waals surface area (Å²) in [6, 6.07) is 15.4. The molecule has 0 radical (unpaired) electrons. The molecule has 0 spiro atoms. The number of rotatable bonds is 7. The number of benzene rings is 3.